The van der Waals surface area contributed by atoms with Crippen molar-refractivity contribution in [1.82, 2.24) is 5.32 Å². The third-order valence-electron chi connectivity index (χ3n) is 2.64. The molecule has 0 atom stereocenters. The summed E-state index contributed by atoms with van der Waals surface area (Å²) < 4.78 is 5.75. The Morgan fingerprint density at radius 3 is 2.81 bits per heavy atom. The van der Waals surface area contributed by atoms with Crippen LogP contribution in [0.1, 0.15) is 29.8 Å². The Kier molecular flexibility index (Phi) is 2.58. The standard InChI is InChI=1S/C12H14ClNO2/c1-12(2)6-7-4-5-8(11(15)14-3)9(13)10(7)16-12/h4-5H,6H2,1-3H3,(H,14,15). The maximum atomic E-state index is 11.5. The molecule has 1 heterocycles. The summed E-state index contributed by atoms with van der Waals surface area (Å²) in [5.41, 5.74) is 1.27. The highest BCUT2D eigenvalue weighted by atomic mass is 35.5. The number of carbonyl (C=O) groups excluding carboxylic acids is 1. The number of hydrogen-bond acceptors (Lipinski definition) is 2. The summed E-state index contributed by atoms with van der Waals surface area (Å²) in [6, 6.07) is 3.64. The molecule has 1 aromatic carbocycles. The number of carbonyl (C=O) groups is 1. The van der Waals surface area contributed by atoms with Gasteiger partial charge in [0, 0.05) is 13.5 Å². The van der Waals surface area contributed by atoms with Gasteiger partial charge >= 0.3 is 0 Å². The minimum absolute atomic E-state index is 0.193. The van der Waals surface area contributed by atoms with Gasteiger partial charge in [-0.25, -0.2) is 0 Å². The molecule has 0 saturated heterocycles. The van der Waals surface area contributed by atoms with Gasteiger partial charge in [0.25, 0.3) is 5.91 Å². The maximum Gasteiger partial charge on any atom is 0.252 e. The fourth-order valence-corrected chi connectivity index (χ4v) is 2.24. The summed E-state index contributed by atoms with van der Waals surface area (Å²) in [6.45, 7) is 4.01. The van der Waals surface area contributed by atoms with Crippen molar-refractivity contribution in [3.05, 3.63) is 28.3 Å². The fourth-order valence-electron chi connectivity index (χ4n) is 1.93. The molecule has 2 rings (SSSR count). The van der Waals surface area contributed by atoms with E-state index in [-0.39, 0.29) is 11.5 Å². The lowest BCUT2D eigenvalue weighted by Crippen LogP contribution is -2.24. The van der Waals surface area contributed by atoms with Crippen molar-refractivity contribution >= 4 is 17.5 Å². The first-order valence-electron chi connectivity index (χ1n) is 5.17. The first kappa shape index (κ1) is 11.3. The van der Waals surface area contributed by atoms with E-state index in [0.29, 0.717) is 16.3 Å². The Labute approximate surface area is 99.7 Å². The number of benzene rings is 1. The lowest BCUT2D eigenvalue weighted by Gasteiger charge is -2.17. The van der Waals surface area contributed by atoms with E-state index in [0.717, 1.165) is 12.0 Å². The van der Waals surface area contributed by atoms with E-state index >= 15 is 0 Å². The van der Waals surface area contributed by atoms with Crippen LogP contribution < -0.4 is 10.1 Å². The first-order valence-corrected chi connectivity index (χ1v) is 5.55. The van der Waals surface area contributed by atoms with Gasteiger partial charge in [-0.3, -0.25) is 4.79 Å². The Morgan fingerprint density at radius 2 is 2.19 bits per heavy atom. The van der Waals surface area contributed by atoms with Gasteiger partial charge in [-0.05, 0) is 25.5 Å². The molecular formula is C12H14ClNO2. The van der Waals surface area contributed by atoms with Crippen LogP contribution in [0.2, 0.25) is 5.02 Å². The number of ether oxygens (including phenoxy) is 1. The van der Waals surface area contributed by atoms with Crippen molar-refractivity contribution < 1.29 is 9.53 Å². The molecule has 0 radical (unpaired) electrons. The van der Waals surface area contributed by atoms with Gasteiger partial charge in [0.05, 0.1) is 10.6 Å². The largest absolute Gasteiger partial charge is 0.486 e. The molecule has 0 fully saturated rings. The van der Waals surface area contributed by atoms with Crippen LogP contribution in [0.3, 0.4) is 0 Å². The first-order chi connectivity index (χ1) is 7.44. The Morgan fingerprint density at radius 1 is 1.50 bits per heavy atom. The van der Waals surface area contributed by atoms with Crippen LogP contribution in [0, 0.1) is 0 Å². The molecule has 16 heavy (non-hydrogen) atoms. The van der Waals surface area contributed by atoms with E-state index in [1.807, 2.05) is 19.9 Å². The number of halogens is 1. The highest BCUT2D eigenvalue weighted by Gasteiger charge is 2.33. The van der Waals surface area contributed by atoms with Gasteiger partial charge in [-0.15, -0.1) is 0 Å². The van der Waals surface area contributed by atoms with Crippen molar-refractivity contribution in [3.63, 3.8) is 0 Å². The Bertz CT molecular complexity index is 455. The van der Waals surface area contributed by atoms with E-state index in [4.69, 9.17) is 16.3 Å². The van der Waals surface area contributed by atoms with Crippen molar-refractivity contribution in [1.29, 1.82) is 0 Å². The molecule has 0 aromatic heterocycles. The highest BCUT2D eigenvalue weighted by molar-refractivity contribution is 6.35. The van der Waals surface area contributed by atoms with Crippen molar-refractivity contribution in [2.75, 3.05) is 7.05 Å². The molecule has 1 aromatic rings. The SMILES string of the molecule is CNC(=O)c1ccc2c(c1Cl)OC(C)(C)C2. The average Bonchev–Trinajstić information content (AvgIpc) is 2.53. The summed E-state index contributed by atoms with van der Waals surface area (Å²) >= 11 is 6.17. The number of fused-ring (bicyclic) bond motifs is 1. The minimum atomic E-state index is -0.243. The molecule has 86 valence electrons. The van der Waals surface area contributed by atoms with Crippen LogP contribution in [0.25, 0.3) is 0 Å². The third-order valence-corrected chi connectivity index (χ3v) is 3.02. The lowest BCUT2D eigenvalue weighted by molar-refractivity contribution is 0.0961. The lowest BCUT2D eigenvalue weighted by atomic mass is 10.0. The van der Waals surface area contributed by atoms with Crippen LogP contribution in [0.4, 0.5) is 0 Å². The maximum absolute atomic E-state index is 11.5. The zero-order valence-electron chi connectivity index (χ0n) is 9.56. The summed E-state index contributed by atoms with van der Waals surface area (Å²) in [5.74, 6) is 0.453. The van der Waals surface area contributed by atoms with Gasteiger partial charge in [0.1, 0.15) is 11.4 Å². The molecule has 3 nitrogen and oxygen atoms in total. The van der Waals surface area contributed by atoms with Gasteiger partial charge in [0.15, 0.2) is 0 Å². The topological polar surface area (TPSA) is 38.3 Å². The van der Waals surface area contributed by atoms with Gasteiger partial charge in [-0.1, -0.05) is 17.7 Å². The van der Waals surface area contributed by atoms with Crippen LogP contribution in [0.15, 0.2) is 12.1 Å². The van der Waals surface area contributed by atoms with Crippen molar-refractivity contribution in [2.24, 2.45) is 0 Å². The van der Waals surface area contributed by atoms with Crippen LogP contribution in [-0.4, -0.2) is 18.6 Å². The Balaban J connectivity index is 2.48. The molecule has 0 spiro atoms. The summed E-state index contributed by atoms with van der Waals surface area (Å²) in [6.07, 6.45) is 0.816. The van der Waals surface area contributed by atoms with E-state index in [9.17, 15) is 4.79 Å². The van der Waals surface area contributed by atoms with Gasteiger partial charge in [-0.2, -0.15) is 0 Å². The molecule has 0 aliphatic carbocycles. The summed E-state index contributed by atoms with van der Waals surface area (Å²) in [5, 5.41) is 2.96. The Hall–Kier alpha value is -1.22. The zero-order chi connectivity index (χ0) is 11.9. The molecule has 0 saturated carbocycles. The van der Waals surface area contributed by atoms with Gasteiger partial charge in [0.2, 0.25) is 0 Å². The number of nitrogens with one attached hydrogen (secondary N) is 1. The molecule has 0 unspecified atom stereocenters. The zero-order valence-corrected chi connectivity index (χ0v) is 10.3. The second-order valence-electron chi connectivity index (χ2n) is 4.53. The van der Waals surface area contributed by atoms with Gasteiger partial charge < -0.3 is 10.1 Å². The van der Waals surface area contributed by atoms with Crippen molar-refractivity contribution in [3.8, 4) is 5.75 Å². The second-order valence-corrected chi connectivity index (χ2v) is 4.91. The fraction of sp³-hybridized carbons (Fsp3) is 0.417. The summed E-state index contributed by atoms with van der Waals surface area (Å²) in [7, 11) is 1.58. The molecule has 4 heteroatoms. The van der Waals surface area contributed by atoms with Crippen molar-refractivity contribution in [2.45, 2.75) is 25.9 Å². The molecule has 1 aliphatic rings. The van der Waals surface area contributed by atoms with E-state index in [1.54, 1.807) is 13.1 Å². The highest BCUT2D eigenvalue weighted by Crippen LogP contribution is 2.41. The van der Waals surface area contributed by atoms with Crippen LogP contribution >= 0.6 is 11.6 Å². The quantitative estimate of drug-likeness (QED) is 0.817. The molecular weight excluding hydrogens is 226 g/mol. The summed E-state index contributed by atoms with van der Waals surface area (Å²) in [4.78, 5) is 11.5. The predicted octanol–water partition coefficient (Wildman–Crippen LogP) is 2.41. The molecule has 1 amide bonds. The van der Waals surface area contributed by atoms with E-state index in [1.165, 1.54) is 0 Å². The normalized spacial score (nSPS) is 16.5. The number of rotatable bonds is 1. The minimum Gasteiger partial charge on any atom is -0.486 e. The molecule has 1 aliphatic heterocycles. The monoisotopic (exact) mass is 239 g/mol. The average molecular weight is 240 g/mol. The smallest absolute Gasteiger partial charge is 0.252 e. The van der Waals surface area contributed by atoms with Crippen LogP contribution in [0.5, 0.6) is 5.75 Å². The second kappa shape index (κ2) is 3.67. The molecule has 1 N–H and O–H groups in total. The molecule has 0 bridgehead atoms. The predicted molar refractivity (Wildman–Crippen MR) is 63.3 cm³/mol. The third kappa shape index (κ3) is 1.76. The number of hydrogen-bond donors (Lipinski definition) is 1. The van der Waals surface area contributed by atoms with Crippen LogP contribution in [-0.2, 0) is 6.42 Å². The van der Waals surface area contributed by atoms with E-state index < -0.39 is 0 Å². The number of amides is 1. The van der Waals surface area contributed by atoms with E-state index in [2.05, 4.69) is 5.32 Å².